The van der Waals surface area contributed by atoms with Crippen LogP contribution in [0.4, 0.5) is 18.9 Å². The average molecular weight is 451 g/mol. The summed E-state index contributed by atoms with van der Waals surface area (Å²) in [5.41, 5.74) is 2.17. The molecule has 1 saturated heterocycles. The van der Waals surface area contributed by atoms with Crippen molar-refractivity contribution >= 4 is 5.69 Å². The molecule has 1 fully saturated rings. The van der Waals surface area contributed by atoms with Gasteiger partial charge in [0.25, 0.3) is 0 Å². The van der Waals surface area contributed by atoms with Gasteiger partial charge >= 0.3 is 6.18 Å². The van der Waals surface area contributed by atoms with Crippen LogP contribution in [-0.4, -0.2) is 55.4 Å². The molecule has 32 heavy (non-hydrogen) atoms. The maximum Gasteiger partial charge on any atom is 0.416 e. The molecule has 0 unspecified atom stereocenters. The summed E-state index contributed by atoms with van der Waals surface area (Å²) in [6.07, 6.45) is -4.99. The normalized spacial score (nSPS) is 16.8. The third-order valence-electron chi connectivity index (χ3n) is 5.75. The van der Waals surface area contributed by atoms with Gasteiger partial charge < -0.3 is 14.7 Å². The number of hydrogen-bond donors (Lipinski definition) is 1. The minimum absolute atomic E-state index is 0.0634. The first-order chi connectivity index (χ1) is 14.9. The van der Waals surface area contributed by atoms with Crippen LogP contribution in [0.2, 0.25) is 0 Å². The fourth-order valence-corrected chi connectivity index (χ4v) is 3.96. The third kappa shape index (κ3) is 6.39. The van der Waals surface area contributed by atoms with Gasteiger partial charge in [-0.3, -0.25) is 4.90 Å². The van der Waals surface area contributed by atoms with E-state index in [1.165, 1.54) is 17.7 Å². The van der Waals surface area contributed by atoms with E-state index in [-0.39, 0.29) is 12.0 Å². The molecule has 1 N–H and O–H groups in total. The first-order valence-electron chi connectivity index (χ1n) is 11.0. The molecule has 1 heterocycles. The molecule has 0 amide bonds. The number of aryl methyl sites for hydroxylation is 1. The molecule has 0 saturated carbocycles. The van der Waals surface area contributed by atoms with Gasteiger partial charge in [-0.15, -0.1) is 0 Å². The largest absolute Gasteiger partial charge is 0.491 e. The van der Waals surface area contributed by atoms with E-state index in [9.17, 15) is 18.3 Å². The van der Waals surface area contributed by atoms with Crippen LogP contribution in [0.3, 0.4) is 0 Å². The summed E-state index contributed by atoms with van der Waals surface area (Å²) in [6.45, 7) is 11.7. The highest BCUT2D eigenvalue weighted by molar-refractivity contribution is 5.49. The lowest BCUT2D eigenvalue weighted by atomic mass is 9.85. The van der Waals surface area contributed by atoms with Crippen molar-refractivity contribution in [3.8, 4) is 5.75 Å². The van der Waals surface area contributed by atoms with E-state index in [1.54, 1.807) is 6.07 Å². The monoisotopic (exact) mass is 450 g/mol. The van der Waals surface area contributed by atoms with Crippen LogP contribution in [0.5, 0.6) is 5.75 Å². The predicted molar refractivity (Wildman–Crippen MR) is 121 cm³/mol. The zero-order chi connectivity index (χ0) is 23.5. The van der Waals surface area contributed by atoms with Gasteiger partial charge in [0.05, 0.1) is 5.56 Å². The Balaban J connectivity index is 1.51. The minimum atomic E-state index is -4.34. The van der Waals surface area contributed by atoms with Crippen molar-refractivity contribution in [3.63, 3.8) is 0 Å². The molecule has 0 radical (unpaired) electrons. The number of hydrogen-bond acceptors (Lipinski definition) is 4. The van der Waals surface area contributed by atoms with Crippen molar-refractivity contribution in [2.24, 2.45) is 0 Å². The summed E-state index contributed by atoms with van der Waals surface area (Å²) in [7, 11) is 0. The Kier molecular flexibility index (Phi) is 7.40. The van der Waals surface area contributed by atoms with Crippen LogP contribution in [0.25, 0.3) is 0 Å². The highest BCUT2D eigenvalue weighted by Crippen LogP contribution is 2.33. The van der Waals surface area contributed by atoms with E-state index in [1.807, 2.05) is 24.0 Å². The van der Waals surface area contributed by atoms with Crippen molar-refractivity contribution in [2.75, 3.05) is 44.2 Å². The van der Waals surface area contributed by atoms with Crippen LogP contribution in [0.15, 0.2) is 42.5 Å². The van der Waals surface area contributed by atoms with E-state index in [4.69, 9.17) is 4.74 Å². The van der Waals surface area contributed by atoms with Crippen LogP contribution >= 0.6 is 0 Å². The van der Waals surface area contributed by atoms with Crippen LogP contribution < -0.4 is 9.64 Å². The number of piperazine rings is 1. The van der Waals surface area contributed by atoms with Crippen LogP contribution in [-0.2, 0) is 11.6 Å². The van der Waals surface area contributed by atoms with Gasteiger partial charge in [0.15, 0.2) is 0 Å². The maximum absolute atomic E-state index is 13.0. The first-order valence-corrected chi connectivity index (χ1v) is 11.0. The number of ether oxygens (including phenoxy) is 1. The summed E-state index contributed by atoms with van der Waals surface area (Å²) in [6, 6.07) is 11.5. The Hall–Kier alpha value is -2.25. The summed E-state index contributed by atoms with van der Waals surface area (Å²) in [5.74, 6) is 0.788. The van der Waals surface area contributed by atoms with E-state index in [0.29, 0.717) is 38.4 Å². The number of halogens is 3. The number of nitrogens with zero attached hydrogens (tertiary/aromatic N) is 2. The molecule has 0 aliphatic carbocycles. The topological polar surface area (TPSA) is 35.9 Å². The smallest absolute Gasteiger partial charge is 0.416 e. The molecule has 3 rings (SSSR count). The number of aliphatic hydroxyl groups is 1. The highest BCUT2D eigenvalue weighted by atomic mass is 19.4. The lowest BCUT2D eigenvalue weighted by Crippen LogP contribution is -2.49. The van der Waals surface area contributed by atoms with Crippen LogP contribution in [0, 0.1) is 6.92 Å². The van der Waals surface area contributed by atoms with Crippen molar-refractivity contribution in [1.29, 1.82) is 0 Å². The van der Waals surface area contributed by atoms with Gasteiger partial charge in [-0.1, -0.05) is 44.5 Å². The predicted octanol–water partition coefficient (Wildman–Crippen LogP) is 4.87. The van der Waals surface area contributed by atoms with Crippen LogP contribution in [0.1, 0.15) is 37.5 Å². The molecule has 0 bridgehead atoms. The summed E-state index contributed by atoms with van der Waals surface area (Å²) >= 11 is 0. The molecular weight excluding hydrogens is 417 g/mol. The number of alkyl halides is 3. The third-order valence-corrected chi connectivity index (χ3v) is 5.75. The van der Waals surface area contributed by atoms with Crippen molar-refractivity contribution in [1.82, 2.24) is 4.90 Å². The van der Waals surface area contributed by atoms with E-state index < -0.39 is 17.8 Å². The number of benzene rings is 2. The quantitative estimate of drug-likeness (QED) is 0.681. The van der Waals surface area contributed by atoms with E-state index >= 15 is 0 Å². The zero-order valence-electron chi connectivity index (χ0n) is 19.2. The second-order valence-corrected chi connectivity index (χ2v) is 9.55. The number of anilines is 1. The Morgan fingerprint density at radius 2 is 1.69 bits per heavy atom. The van der Waals surface area contributed by atoms with Gasteiger partial charge in [-0.2, -0.15) is 13.2 Å². The summed E-state index contributed by atoms with van der Waals surface area (Å²) < 4.78 is 44.9. The van der Waals surface area contributed by atoms with Gasteiger partial charge in [-0.25, -0.2) is 0 Å². The molecule has 1 aliphatic heterocycles. The molecule has 0 aromatic heterocycles. The number of β-amino-alcohol motifs (C(OH)–C–C–N with tert-alkyl or cyclic N) is 1. The van der Waals surface area contributed by atoms with Crippen molar-refractivity contribution < 1.29 is 23.0 Å². The van der Waals surface area contributed by atoms with Gasteiger partial charge in [0, 0.05) is 38.4 Å². The lowest BCUT2D eigenvalue weighted by molar-refractivity contribution is -0.137. The second-order valence-electron chi connectivity index (χ2n) is 9.55. The average Bonchev–Trinajstić information content (AvgIpc) is 2.72. The first kappa shape index (κ1) is 24.4. The van der Waals surface area contributed by atoms with Crippen molar-refractivity contribution in [3.05, 3.63) is 59.2 Å². The molecule has 1 atom stereocenters. The van der Waals surface area contributed by atoms with Crippen molar-refractivity contribution in [2.45, 2.75) is 45.4 Å². The second kappa shape index (κ2) is 9.71. The molecule has 1 aliphatic rings. The molecule has 7 heteroatoms. The zero-order valence-corrected chi connectivity index (χ0v) is 19.2. The SMILES string of the molecule is Cc1ccc(OC[C@H](O)CN2CCN(c3cccc(C(F)(F)F)c3)CC2)c(C(C)(C)C)c1. The van der Waals surface area contributed by atoms with E-state index in [2.05, 4.69) is 31.7 Å². The summed E-state index contributed by atoms with van der Waals surface area (Å²) in [4.78, 5) is 4.08. The molecular formula is C25H33F3N2O2. The Morgan fingerprint density at radius 1 is 1.00 bits per heavy atom. The Bertz CT molecular complexity index is 901. The lowest BCUT2D eigenvalue weighted by Gasteiger charge is -2.37. The standard InChI is InChI=1S/C25H33F3N2O2/c1-18-8-9-23(22(14-18)24(2,3)4)32-17-21(31)16-29-10-12-30(13-11-29)20-7-5-6-19(15-20)25(26,27)28/h5-9,14-15,21,31H,10-13,16-17H2,1-4H3/t21-/m1/s1. The summed E-state index contributed by atoms with van der Waals surface area (Å²) in [5, 5.41) is 10.5. The highest BCUT2D eigenvalue weighted by Gasteiger charge is 2.31. The maximum atomic E-state index is 13.0. The molecule has 2 aromatic carbocycles. The molecule has 176 valence electrons. The number of rotatable bonds is 6. The Morgan fingerprint density at radius 3 is 2.31 bits per heavy atom. The number of aliphatic hydroxyl groups excluding tert-OH is 1. The van der Waals surface area contributed by atoms with Gasteiger partial charge in [0.1, 0.15) is 18.5 Å². The fraction of sp³-hybridized carbons (Fsp3) is 0.520. The minimum Gasteiger partial charge on any atom is -0.491 e. The molecule has 4 nitrogen and oxygen atoms in total. The van der Waals surface area contributed by atoms with E-state index in [0.717, 1.165) is 17.4 Å². The molecule has 0 spiro atoms. The fourth-order valence-electron chi connectivity index (χ4n) is 3.96. The van der Waals surface area contributed by atoms with Gasteiger partial charge in [0.2, 0.25) is 0 Å². The Labute approximate surface area is 188 Å². The van der Waals surface area contributed by atoms with Gasteiger partial charge in [-0.05, 0) is 42.2 Å². The molecule has 2 aromatic rings.